The summed E-state index contributed by atoms with van der Waals surface area (Å²) in [6.45, 7) is 28.5. The van der Waals surface area contributed by atoms with E-state index in [-0.39, 0.29) is 38.4 Å². The van der Waals surface area contributed by atoms with Crippen LogP contribution in [0.2, 0.25) is 0 Å². The molecule has 4 rings (SSSR count). The summed E-state index contributed by atoms with van der Waals surface area (Å²) in [6, 6.07) is 20.6. The van der Waals surface area contributed by atoms with Gasteiger partial charge < -0.3 is 30.0 Å². The number of carbonyl (C=O) groups excluding carboxylic acids is 2. The molecular formula is C48H64CoN2O6. The van der Waals surface area contributed by atoms with Crippen molar-refractivity contribution < 1.29 is 46.8 Å². The number of aliphatic carboxylic acids is 2. The summed E-state index contributed by atoms with van der Waals surface area (Å²) in [5, 5.41) is 42.5. The number of aromatic hydroxyl groups is 2. The summed E-state index contributed by atoms with van der Waals surface area (Å²) >= 11 is 0. The molecule has 4 aromatic rings. The summed E-state index contributed by atoms with van der Waals surface area (Å²) in [7, 11) is 0. The van der Waals surface area contributed by atoms with Gasteiger partial charge in [-0.2, -0.15) is 0 Å². The van der Waals surface area contributed by atoms with E-state index < -0.39 is 11.9 Å². The van der Waals surface area contributed by atoms with Crippen molar-refractivity contribution in [3.8, 4) is 11.5 Å². The molecule has 311 valence electrons. The van der Waals surface area contributed by atoms with Crippen LogP contribution in [0.5, 0.6) is 11.5 Å². The molecule has 8 nitrogen and oxygen atoms in total. The molecule has 9 heteroatoms. The molecule has 0 aromatic heterocycles. The Balaban J connectivity index is 0.00000165. The minimum Gasteiger partial charge on any atom is -0.550 e. The molecule has 4 aromatic carbocycles. The molecule has 0 saturated carbocycles. The van der Waals surface area contributed by atoms with Gasteiger partial charge in [0.2, 0.25) is 0 Å². The molecule has 0 spiro atoms. The SMILES string of the molecule is CC(=O)[O-].CC(=O)[O-].CC(C)(C)Cc1cc(C=Nc2cccc3cccc(N=Cc4cc(CC(C)(C)C)cc(CC(C)(C)C)c4O)c23)c(O)c(CC(C)(C)C)c1.[Co+2]. The van der Waals surface area contributed by atoms with Crippen LogP contribution in [0, 0.1) is 21.7 Å². The quantitative estimate of drug-likeness (QED) is 0.169. The molecule has 0 unspecified atom stereocenters. The van der Waals surface area contributed by atoms with Gasteiger partial charge in [0.05, 0.1) is 11.4 Å². The van der Waals surface area contributed by atoms with Gasteiger partial charge in [0.15, 0.2) is 0 Å². The molecule has 0 heterocycles. The number of phenols is 2. The van der Waals surface area contributed by atoms with Crippen LogP contribution in [0.25, 0.3) is 10.8 Å². The van der Waals surface area contributed by atoms with Gasteiger partial charge in [-0.1, -0.05) is 119 Å². The first-order valence-corrected chi connectivity index (χ1v) is 19.2. The maximum absolute atomic E-state index is 11.4. The van der Waals surface area contributed by atoms with Gasteiger partial charge >= 0.3 is 16.8 Å². The molecule has 0 aliphatic heterocycles. The van der Waals surface area contributed by atoms with E-state index in [9.17, 15) is 10.2 Å². The van der Waals surface area contributed by atoms with E-state index in [1.165, 1.54) is 11.1 Å². The molecule has 0 atom stereocenters. The van der Waals surface area contributed by atoms with Crippen LogP contribution in [0.3, 0.4) is 0 Å². The summed E-state index contributed by atoms with van der Waals surface area (Å²) < 4.78 is 0. The maximum Gasteiger partial charge on any atom is 2.00 e. The van der Waals surface area contributed by atoms with Gasteiger partial charge in [0, 0.05) is 40.9 Å². The third-order valence-corrected chi connectivity index (χ3v) is 8.01. The minimum absolute atomic E-state index is 0. The number of fused-ring (bicyclic) bond motifs is 1. The zero-order valence-electron chi connectivity index (χ0n) is 36.5. The van der Waals surface area contributed by atoms with E-state index >= 15 is 0 Å². The van der Waals surface area contributed by atoms with Crippen LogP contribution >= 0.6 is 0 Å². The summed E-state index contributed by atoms with van der Waals surface area (Å²) in [4.78, 5) is 27.7. The number of hydrogen-bond acceptors (Lipinski definition) is 8. The number of carbonyl (C=O) groups is 2. The predicted molar refractivity (Wildman–Crippen MR) is 229 cm³/mol. The van der Waals surface area contributed by atoms with E-state index in [2.05, 4.69) is 119 Å². The Morgan fingerprint density at radius 1 is 0.561 bits per heavy atom. The molecule has 57 heavy (non-hydrogen) atoms. The number of carboxylic acid groups (broad SMARTS) is 2. The second kappa shape index (κ2) is 20.8. The number of aliphatic imine (C=N–C) groups is 2. The van der Waals surface area contributed by atoms with E-state index in [0.29, 0.717) is 11.5 Å². The van der Waals surface area contributed by atoms with Crippen LogP contribution in [0.4, 0.5) is 11.4 Å². The van der Waals surface area contributed by atoms with Crippen LogP contribution < -0.4 is 10.2 Å². The maximum atomic E-state index is 11.4. The zero-order chi connectivity index (χ0) is 42.8. The molecular weight excluding hydrogens is 759 g/mol. The molecule has 2 N–H and O–H groups in total. The molecule has 0 amide bonds. The van der Waals surface area contributed by atoms with Gasteiger partial charge in [0.1, 0.15) is 11.5 Å². The fourth-order valence-electron chi connectivity index (χ4n) is 6.41. The summed E-state index contributed by atoms with van der Waals surface area (Å²) in [5.74, 6) is -1.58. The van der Waals surface area contributed by atoms with Crippen molar-refractivity contribution in [2.45, 2.75) is 123 Å². The number of carboxylic acids is 2. The number of hydrogen-bond donors (Lipinski definition) is 2. The Morgan fingerprint density at radius 3 is 1.14 bits per heavy atom. The van der Waals surface area contributed by atoms with Crippen molar-refractivity contribution in [2.24, 2.45) is 31.6 Å². The third kappa shape index (κ3) is 19.0. The second-order valence-corrected chi connectivity index (χ2v) is 19.5. The molecule has 0 fully saturated rings. The monoisotopic (exact) mass is 823 g/mol. The second-order valence-electron chi connectivity index (χ2n) is 19.5. The van der Waals surface area contributed by atoms with E-state index in [0.717, 1.165) is 83.9 Å². The molecule has 1 radical (unpaired) electrons. The van der Waals surface area contributed by atoms with Gasteiger partial charge in [-0.15, -0.1) is 0 Å². The van der Waals surface area contributed by atoms with Crippen molar-refractivity contribution in [2.75, 3.05) is 0 Å². The number of nitrogens with zero attached hydrogens (tertiary/aromatic N) is 2. The van der Waals surface area contributed by atoms with Crippen LogP contribution in [-0.4, -0.2) is 34.6 Å². The third-order valence-electron chi connectivity index (χ3n) is 8.01. The van der Waals surface area contributed by atoms with Gasteiger partial charge in [-0.25, -0.2) is 0 Å². The Morgan fingerprint density at radius 2 is 0.860 bits per heavy atom. The molecule has 0 saturated heterocycles. The van der Waals surface area contributed by atoms with Crippen LogP contribution in [-0.2, 0) is 52.1 Å². The largest absolute Gasteiger partial charge is 2.00 e. The Bertz CT molecular complexity index is 1890. The fourth-order valence-corrected chi connectivity index (χ4v) is 6.41. The fraction of sp³-hybridized carbons (Fsp3) is 0.458. The van der Waals surface area contributed by atoms with Crippen molar-refractivity contribution >= 4 is 46.5 Å². The standard InChI is InChI=1S/C44H58N2O2.2C2H4O2.Co/c1-41(2,3)23-29-19-32(25-43(7,8)9)39(47)34(21-29)27-45-36-17-13-15-31-16-14-18-37(38(31)36)46-28-35-22-30(24-42(4,5)6)20-33(40(35)48)26-44(10,11)12;2*1-2(3)4;/h13-22,27-28,47-48H,23-26H2,1-12H3;2*1H3,(H,3,4);/q;;;+2/p-2. The van der Waals surface area contributed by atoms with Gasteiger partial charge in [-0.05, 0) is 113 Å². The first-order valence-electron chi connectivity index (χ1n) is 19.2. The first-order chi connectivity index (χ1) is 25.5. The predicted octanol–water partition coefficient (Wildman–Crippen LogP) is 9.62. The average Bonchev–Trinajstić information content (AvgIpc) is 2.99. The first kappa shape index (κ1) is 50.5. The van der Waals surface area contributed by atoms with Crippen molar-refractivity contribution in [3.05, 3.63) is 94.0 Å². The normalized spacial score (nSPS) is 12.1. The number of phenolic OH excluding ortho intramolecular Hbond substituents is 2. The summed E-state index contributed by atoms with van der Waals surface area (Å²) in [6.07, 6.45) is 6.93. The molecule has 0 aliphatic rings. The van der Waals surface area contributed by atoms with Gasteiger partial charge in [0.25, 0.3) is 0 Å². The topological polar surface area (TPSA) is 145 Å². The Labute approximate surface area is 351 Å². The molecule has 0 aliphatic carbocycles. The van der Waals surface area contributed by atoms with E-state index in [1.807, 2.05) is 24.3 Å². The zero-order valence-corrected chi connectivity index (χ0v) is 37.6. The van der Waals surface area contributed by atoms with Crippen molar-refractivity contribution in [1.82, 2.24) is 0 Å². The molecule has 0 bridgehead atoms. The number of benzene rings is 4. The Kier molecular flexibility index (Phi) is 18.4. The number of rotatable bonds is 8. The van der Waals surface area contributed by atoms with E-state index in [1.54, 1.807) is 12.4 Å². The summed E-state index contributed by atoms with van der Waals surface area (Å²) in [5.41, 5.74) is 7.58. The van der Waals surface area contributed by atoms with E-state index in [4.69, 9.17) is 29.8 Å². The average molecular weight is 824 g/mol. The van der Waals surface area contributed by atoms with Crippen molar-refractivity contribution in [1.29, 1.82) is 0 Å². The minimum atomic E-state index is -1.08. The smallest absolute Gasteiger partial charge is 0.550 e. The van der Waals surface area contributed by atoms with Crippen LogP contribution in [0.15, 0.2) is 70.6 Å². The van der Waals surface area contributed by atoms with Crippen LogP contribution in [0.1, 0.15) is 130 Å². The van der Waals surface area contributed by atoms with Gasteiger partial charge in [-0.3, -0.25) is 9.98 Å². The van der Waals surface area contributed by atoms with Crippen molar-refractivity contribution in [3.63, 3.8) is 0 Å². The Hall–Kier alpha value is -4.47.